The van der Waals surface area contributed by atoms with Crippen LogP contribution in [0.2, 0.25) is 10.0 Å². The Balaban J connectivity index is 1.76. The zero-order chi connectivity index (χ0) is 18.3. The average molecular weight is 383 g/mol. The highest BCUT2D eigenvalue weighted by Crippen LogP contribution is 2.25. The van der Waals surface area contributed by atoms with E-state index in [4.69, 9.17) is 23.2 Å². The number of benzene rings is 3. The molecule has 0 amide bonds. The van der Waals surface area contributed by atoms with Crippen molar-refractivity contribution in [1.29, 1.82) is 0 Å². The lowest BCUT2D eigenvalue weighted by Crippen LogP contribution is -2.19. The second-order valence-electron chi connectivity index (χ2n) is 5.92. The Hall–Kier alpha value is -2.69. The first-order valence-corrected chi connectivity index (χ1v) is 8.67. The number of halogens is 2. The third-order valence-corrected chi connectivity index (χ3v) is 4.94. The molecule has 0 aliphatic carbocycles. The Bertz CT molecular complexity index is 1230. The van der Waals surface area contributed by atoms with Gasteiger partial charge in [0.15, 0.2) is 5.78 Å². The normalized spacial score (nSPS) is 11.2. The van der Waals surface area contributed by atoms with E-state index >= 15 is 0 Å². The van der Waals surface area contributed by atoms with E-state index in [9.17, 15) is 9.59 Å². The minimum atomic E-state index is -0.413. The van der Waals surface area contributed by atoms with Gasteiger partial charge in [0.1, 0.15) is 5.69 Å². The first-order valence-electron chi connectivity index (χ1n) is 7.92. The van der Waals surface area contributed by atoms with Crippen molar-refractivity contribution in [3.05, 3.63) is 86.3 Å². The van der Waals surface area contributed by atoms with Crippen molar-refractivity contribution in [3.8, 4) is 0 Å². The Morgan fingerprint density at radius 3 is 2.58 bits per heavy atom. The molecule has 0 unspecified atom stereocenters. The minimum absolute atomic E-state index is 0.0977. The zero-order valence-electron chi connectivity index (χ0n) is 13.4. The molecule has 0 spiro atoms. The van der Waals surface area contributed by atoms with E-state index in [2.05, 4.69) is 9.97 Å². The van der Waals surface area contributed by atoms with Gasteiger partial charge in [-0.2, -0.15) is 0 Å². The van der Waals surface area contributed by atoms with Crippen LogP contribution in [-0.2, 0) is 6.42 Å². The molecule has 4 aromatic rings. The van der Waals surface area contributed by atoms with Crippen molar-refractivity contribution < 1.29 is 4.79 Å². The molecule has 1 heterocycles. The number of fused-ring (bicyclic) bond motifs is 2. The van der Waals surface area contributed by atoms with Crippen LogP contribution >= 0.6 is 23.2 Å². The van der Waals surface area contributed by atoms with Gasteiger partial charge in [-0.3, -0.25) is 9.59 Å². The molecule has 0 fully saturated rings. The van der Waals surface area contributed by atoms with E-state index in [1.54, 1.807) is 18.2 Å². The number of hydrogen-bond donors (Lipinski definition) is 1. The fourth-order valence-electron chi connectivity index (χ4n) is 2.96. The summed E-state index contributed by atoms with van der Waals surface area (Å²) in [4.78, 5) is 32.1. The van der Waals surface area contributed by atoms with Gasteiger partial charge in [0.05, 0.1) is 27.5 Å². The summed E-state index contributed by atoms with van der Waals surface area (Å²) in [5.74, 6) is -0.167. The number of carbonyl (C=O) groups is 1. The summed E-state index contributed by atoms with van der Waals surface area (Å²) in [6.07, 6.45) is -0.0977. The van der Waals surface area contributed by atoms with Gasteiger partial charge in [-0.1, -0.05) is 65.7 Å². The quantitative estimate of drug-likeness (QED) is 0.517. The lowest BCUT2D eigenvalue weighted by Gasteiger charge is -2.07. The Morgan fingerprint density at radius 1 is 1.00 bits per heavy atom. The molecule has 128 valence electrons. The zero-order valence-corrected chi connectivity index (χ0v) is 14.9. The minimum Gasteiger partial charge on any atom is -0.319 e. The standard InChI is InChI=1S/C20H12Cl2N2O2/c21-14-8-16-17(9-15(14)22)24-20(26)18(23-16)10-19(25)13-7-3-5-11-4-1-2-6-12(11)13/h1-9H,10H2,(H,24,26). The lowest BCUT2D eigenvalue weighted by atomic mass is 9.99. The topological polar surface area (TPSA) is 62.8 Å². The summed E-state index contributed by atoms with van der Waals surface area (Å²) in [6, 6.07) is 16.3. The molecule has 4 nitrogen and oxygen atoms in total. The molecular weight excluding hydrogens is 371 g/mol. The predicted molar refractivity (Wildman–Crippen MR) is 104 cm³/mol. The summed E-state index contributed by atoms with van der Waals surface area (Å²) in [6.45, 7) is 0. The lowest BCUT2D eigenvalue weighted by molar-refractivity contribution is 0.0993. The average Bonchev–Trinajstić information content (AvgIpc) is 2.63. The van der Waals surface area contributed by atoms with Crippen LogP contribution in [0.15, 0.2) is 59.4 Å². The number of aromatic amines is 1. The maximum atomic E-state index is 12.8. The van der Waals surface area contributed by atoms with E-state index < -0.39 is 5.56 Å². The van der Waals surface area contributed by atoms with E-state index in [0.29, 0.717) is 26.6 Å². The number of ketones is 1. The molecule has 0 aliphatic rings. The van der Waals surface area contributed by atoms with E-state index in [-0.39, 0.29) is 17.9 Å². The fourth-order valence-corrected chi connectivity index (χ4v) is 3.28. The van der Waals surface area contributed by atoms with Gasteiger partial charge in [0.25, 0.3) is 5.56 Å². The SMILES string of the molecule is O=C(Cc1nc2cc(Cl)c(Cl)cc2[nH]c1=O)c1cccc2ccccc12. The molecule has 1 aromatic heterocycles. The maximum absolute atomic E-state index is 12.8. The smallest absolute Gasteiger partial charge is 0.270 e. The molecule has 4 rings (SSSR count). The molecule has 0 saturated heterocycles. The number of nitrogens with one attached hydrogen (secondary N) is 1. The van der Waals surface area contributed by atoms with Gasteiger partial charge in [-0.25, -0.2) is 4.98 Å². The van der Waals surface area contributed by atoms with Crippen LogP contribution in [0.25, 0.3) is 21.8 Å². The number of H-pyrrole nitrogens is 1. The summed E-state index contributed by atoms with van der Waals surface area (Å²) < 4.78 is 0. The van der Waals surface area contributed by atoms with Crippen LogP contribution < -0.4 is 5.56 Å². The van der Waals surface area contributed by atoms with Crippen molar-refractivity contribution in [2.75, 3.05) is 0 Å². The molecular formula is C20H12Cl2N2O2. The van der Waals surface area contributed by atoms with Gasteiger partial charge >= 0.3 is 0 Å². The Morgan fingerprint density at radius 2 is 1.73 bits per heavy atom. The molecule has 0 aliphatic heterocycles. The van der Waals surface area contributed by atoms with Crippen molar-refractivity contribution in [1.82, 2.24) is 9.97 Å². The molecule has 0 radical (unpaired) electrons. The van der Waals surface area contributed by atoms with Crippen LogP contribution in [0, 0.1) is 0 Å². The molecule has 0 saturated carbocycles. The first kappa shape index (κ1) is 16.8. The number of rotatable bonds is 3. The van der Waals surface area contributed by atoms with Gasteiger partial charge in [0.2, 0.25) is 0 Å². The maximum Gasteiger partial charge on any atom is 0.270 e. The molecule has 6 heteroatoms. The largest absolute Gasteiger partial charge is 0.319 e. The molecule has 26 heavy (non-hydrogen) atoms. The molecule has 1 N–H and O–H groups in total. The van der Waals surface area contributed by atoms with Gasteiger partial charge in [0, 0.05) is 5.56 Å². The highest BCUT2D eigenvalue weighted by Gasteiger charge is 2.15. The number of nitrogens with zero attached hydrogens (tertiary/aromatic N) is 1. The van der Waals surface area contributed by atoms with Gasteiger partial charge in [-0.05, 0) is 22.9 Å². The van der Waals surface area contributed by atoms with E-state index in [1.807, 2.05) is 36.4 Å². The highest BCUT2D eigenvalue weighted by atomic mass is 35.5. The molecule has 3 aromatic carbocycles. The highest BCUT2D eigenvalue weighted by molar-refractivity contribution is 6.42. The summed E-state index contributed by atoms with van der Waals surface area (Å²) >= 11 is 12.0. The second-order valence-corrected chi connectivity index (χ2v) is 6.74. The van der Waals surface area contributed by atoms with E-state index in [0.717, 1.165) is 10.8 Å². The summed E-state index contributed by atoms with van der Waals surface area (Å²) in [5, 5.41) is 2.49. The van der Waals surface area contributed by atoms with Crippen molar-refractivity contribution in [3.63, 3.8) is 0 Å². The van der Waals surface area contributed by atoms with Crippen LogP contribution in [0.4, 0.5) is 0 Å². The number of carbonyl (C=O) groups excluding carboxylic acids is 1. The van der Waals surface area contributed by atoms with Crippen molar-refractivity contribution >= 4 is 50.8 Å². The number of hydrogen-bond acceptors (Lipinski definition) is 3. The van der Waals surface area contributed by atoms with Crippen molar-refractivity contribution in [2.45, 2.75) is 6.42 Å². The molecule has 0 bridgehead atoms. The van der Waals surface area contributed by atoms with Gasteiger partial charge < -0.3 is 4.98 Å². The second kappa shape index (κ2) is 6.56. The van der Waals surface area contributed by atoms with Crippen LogP contribution in [0.3, 0.4) is 0 Å². The first-order chi connectivity index (χ1) is 12.5. The monoisotopic (exact) mass is 382 g/mol. The third-order valence-electron chi connectivity index (χ3n) is 4.22. The Kier molecular flexibility index (Phi) is 4.23. The van der Waals surface area contributed by atoms with Crippen LogP contribution in [-0.4, -0.2) is 15.8 Å². The van der Waals surface area contributed by atoms with Crippen molar-refractivity contribution in [2.24, 2.45) is 0 Å². The third kappa shape index (κ3) is 2.98. The molecule has 0 atom stereocenters. The Labute approximate surface area is 158 Å². The number of aromatic nitrogens is 2. The van der Waals surface area contributed by atoms with E-state index in [1.165, 1.54) is 0 Å². The van der Waals surface area contributed by atoms with Gasteiger partial charge in [-0.15, -0.1) is 0 Å². The summed E-state index contributed by atoms with van der Waals surface area (Å²) in [5.41, 5.74) is 1.27. The fraction of sp³-hybridized carbons (Fsp3) is 0.0500. The number of Topliss-reactive ketones (excluding diaryl/α,β-unsaturated/α-hetero) is 1. The predicted octanol–water partition coefficient (Wildman–Crippen LogP) is 4.81. The summed E-state index contributed by atoms with van der Waals surface area (Å²) in [7, 11) is 0. The van der Waals surface area contributed by atoms with Crippen LogP contribution in [0.5, 0.6) is 0 Å². The van der Waals surface area contributed by atoms with Crippen LogP contribution in [0.1, 0.15) is 16.1 Å².